The summed E-state index contributed by atoms with van der Waals surface area (Å²) in [5.41, 5.74) is 3.54. The van der Waals surface area contributed by atoms with Crippen molar-refractivity contribution in [1.82, 2.24) is 0 Å². The minimum absolute atomic E-state index is 0.153. The van der Waals surface area contributed by atoms with Crippen LogP contribution in [-0.4, -0.2) is 11.1 Å². The molecule has 1 atom stereocenters. The van der Waals surface area contributed by atoms with Gasteiger partial charge < -0.3 is 9.84 Å². The van der Waals surface area contributed by atoms with Crippen LogP contribution >= 0.6 is 0 Å². The molecular formula is C18H18O3. The second-order valence-corrected chi connectivity index (χ2v) is 5.47. The van der Waals surface area contributed by atoms with E-state index in [1.165, 1.54) is 11.1 Å². The third kappa shape index (κ3) is 3.24. The fourth-order valence-corrected chi connectivity index (χ4v) is 2.94. The summed E-state index contributed by atoms with van der Waals surface area (Å²) >= 11 is 0. The van der Waals surface area contributed by atoms with Crippen molar-refractivity contribution in [3.8, 4) is 5.75 Å². The number of hydrogen-bond acceptors (Lipinski definition) is 2. The van der Waals surface area contributed by atoms with Crippen LogP contribution in [0.3, 0.4) is 0 Å². The van der Waals surface area contributed by atoms with Gasteiger partial charge in [0.25, 0.3) is 0 Å². The third-order valence-electron chi connectivity index (χ3n) is 3.99. The molecule has 21 heavy (non-hydrogen) atoms. The molecule has 0 aromatic heterocycles. The average Bonchev–Trinajstić information content (AvgIpc) is 2.88. The second-order valence-electron chi connectivity index (χ2n) is 5.47. The molecule has 0 spiro atoms. The number of carboxylic acid groups (broad SMARTS) is 1. The second kappa shape index (κ2) is 6.00. The Kier molecular flexibility index (Phi) is 3.91. The number of aryl methyl sites for hydroxylation is 1. The van der Waals surface area contributed by atoms with E-state index in [-0.39, 0.29) is 12.3 Å². The number of benzene rings is 2. The van der Waals surface area contributed by atoms with Crippen molar-refractivity contribution in [2.75, 3.05) is 0 Å². The normalized spacial score (nSPS) is 16.5. The zero-order chi connectivity index (χ0) is 14.7. The van der Waals surface area contributed by atoms with E-state index in [4.69, 9.17) is 9.84 Å². The highest BCUT2D eigenvalue weighted by atomic mass is 16.5. The summed E-state index contributed by atoms with van der Waals surface area (Å²) in [7, 11) is 0. The van der Waals surface area contributed by atoms with Gasteiger partial charge in [0.05, 0.1) is 6.42 Å². The van der Waals surface area contributed by atoms with Gasteiger partial charge in [-0.25, -0.2) is 0 Å². The van der Waals surface area contributed by atoms with E-state index in [0.717, 1.165) is 24.2 Å². The number of ether oxygens (including phenoxy) is 1. The van der Waals surface area contributed by atoms with E-state index in [1.807, 2.05) is 42.5 Å². The Morgan fingerprint density at radius 3 is 2.76 bits per heavy atom. The molecule has 3 nitrogen and oxygen atoms in total. The Bertz CT molecular complexity index is 634. The van der Waals surface area contributed by atoms with Gasteiger partial charge in [-0.15, -0.1) is 0 Å². The summed E-state index contributed by atoms with van der Waals surface area (Å²) in [6, 6.07) is 16.1. The molecule has 0 saturated carbocycles. The van der Waals surface area contributed by atoms with Crippen molar-refractivity contribution in [3.63, 3.8) is 0 Å². The summed E-state index contributed by atoms with van der Waals surface area (Å²) in [6.45, 7) is 0.554. The van der Waals surface area contributed by atoms with Gasteiger partial charge in [-0.2, -0.15) is 0 Å². The molecule has 0 aliphatic heterocycles. The number of carboxylic acids is 1. The minimum atomic E-state index is -0.725. The summed E-state index contributed by atoms with van der Waals surface area (Å²) in [4.78, 5) is 10.9. The Balaban J connectivity index is 1.68. The molecule has 0 amide bonds. The van der Waals surface area contributed by atoms with E-state index < -0.39 is 5.97 Å². The number of carbonyl (C=O) groups is 1. The Hall–Kier alpha value is -2.29. The first kappa shape index (κ1) is 13.7. The molecule has 0 bridgehead atoms. The van der Waals surface area contributed by atoms with Gasteiger partial charge >= 0.3 is 5.97 Å². The highest BCUT2D eigenvalue weighted by Crippen LogP contribution is 2.37. The molecule has 0 unspecified atom stereocenters. The standard InChI is InChI=1S/C18H18O3/c19-18(20)11-15-7-6-14-10-16(8-9-17(14)15)21-12-13-4-2-1-3-5-13/h1-5,8-10,15H,6-7,11-12H2,(H,19,20)/t15-/m1/s1. The van der Waals surface area contributed by atoms with Gasteiger partial charge in [0, 0.05) is 0 Å². The predicted octanol–water partition coefficient (Wildman–Crippen LogP) is 3.77. The van der Waals surface area contributed by atoms with Crippen LogP contribution in [0, 0.1) is 0 Å². The van der Waals surface area contributed by atoms with E-state index in [2.05, 4.69) is 6.07 Å². The summed E-state index contributed by atoms with van der Waals surface area (Å²) in [6.07, 6.45) is 2.08. The first-order chi connectivity index (χ1) is 10.2. The lowest BCUT2D eigenvalue weighted by Crippen LogP contribution is -2.03. The van der Waals surface area contributed by atoms with Gasteiger partial charge in [-0.1, -0.05) is 36.4 Å². The molecule has 0 saturated heterocycles. The van der Waals surface area contributed by atoms with Crippen molar-refractivity contribution >= 4 is 5.97 Å². The smallest absolute Gasteiger partial charge is 0.303 e. The van der Waals surface area contributed by atoms with Crippen LogP contribution in [-0.2, 0) is 17.8 Å². The molecular weight excluding hydrogens is 264 g/mol. The number of aliphatic carboxylic acids is 1. The van der Waals surface area contributed by atoms with Gasteiger partial charge in [0.15, 0.2) is 0 Å². The summed E-state index contributed by atoms with van der Waals surface area (Å²) in [5.74, 6) is 0.284. The molecule has 2 aromatic rings. The fraction of sp³-hybridized carbons (Fsp3) is 0.278. The lowest BCUT2D eigenvalue weighted by molar-refractivity contribution is -0.137. The molecule has 0 radical (unpaired) electrons. The van der Waals surface area contributed by atoms with Gasteiger partial charge in [-0.3, -0.25) is 4.79 Å². The molecule has 3 rings (SSSR count). The summed E-state index contributed by atoms with van der Waals surface area (Å²) < 4.78 is 5.82. The number of rotatable bonds is 5. The Labute approximate surface area is 124 Å². The molecule has 1 aliphatic carbocycles. The van der Waals surface area contributed by atoms with Crippen LogP contribution in [0.1, 0.15) is 35.4 Å². The maximum absolute atomic E-state index is 10.9. The first-order valence-electron chi connectivity index (χ1n) is 7.24. The van der Waals surface area contributed by atoms with E-state index in [0.29, 0.717) is 6.61 Å². The molecule has 0 heterocycles. The van der Waals surface area contributed by atoms with Crippen LogP contribution in [0.25, 0.3) is 0 Å². The number of hydrogen-bond donors (Lipinski definition) is 1. The Morgan fingerprint density at radius 1 is 1.19 bits per heavy atom. The zero-order valence-electron chi connectivity index (χ0n) is 11.8. The topological polar surface area (TPSA) is 46.5 Å². The van der Waals surface area contributed by atoms with Crippen LogP contribution < -0.4 is 4.74 Å². The molecule has 1 N–H and O–H groups in total. The largest absolute Gasteiger partial charge is 0.489 e. The lowest BCUT2D eigenvalue weighted by Gasteiger charge is -2.11. The molecule has 2 aromatic carbocycles. The van der Waals surface area contributed by atoms with Crippen molar-refractivity contribution in [1.29, 1.82) is 0 Å². The fourth-order valence-electron chi connectivity index (χ4n) is 2.94. The lowest BCUT2D eigenvalue weighted by atomic mass is 9.98. The van der Waals surface area contributed by atoms with E-state index in [9.17, 15) is 4.79 Å². The SMILES string of the molecule is O=C(O)C[C@H]1CCc2cc(OCc3ccccc3)ccc21. The van der Waals surface area contributed by atoms with E-state index >= 15 is 0 Å². The van der Waals surface area contributed by atoms with Crippen molar-refractivity contribution < 1.29 is 14.6 Å². The first-order valence-corrected chi connectivity index (χ1v) is 7.24. The number of fused-ring (bicyclic) bond motifs is 1. The van der Waals surface area contributed by atoms with Crippen molar-refractivity contribution in [3.05, 3.63) is 65.2 Å². The highest BCUT2D eigenvalue weighted by Gasteiger charge is 2.24. The van der Waals surface area contributed by atoms with E-state index in [1.54, 1.807) is 0 Å². The van der Waals surface area contributed by atoms with Crippen LogP contribution in [0.2, 0.25) is 0 Å². The zero-order valence-corrected chi connectivity index (χ0v) is 11.8. The van der Waals surface area contributed by atoms with Gasteiger partial charge in [0.1, 0.15) is 12.4 Å². The average molecular weight is 282 g/mol. The Morgan fingerprint density at radius 2 is 2.00 bits per heavy atom. The van der Waals surface area contributed by atoms with Gasteiger partial charge in [0.2, 0.25) is 0 Å². The molecule has 1 aliphatic rings. The summed E-state index contributed by atoms with van der Waals surface area (Å²) in [5, 5.41) is 8.94. The van der Waals surface area contributed by atoms with Crippen molar-refractivity contribution in [2.45, 2.75) is 31.8 Å². The molecule has 0 fully saturated rings. The maximum atomic E-state index is 10.9. The molecule has 3 heteroatoms. The third-order valence-corrected chi connectivity index (χ3v) is 3.99. The molecule has 108 valence electrons. The maximum Gasteiger partial charge on any atom is 0.303 e. The van der Waals surface area contributed by atoms with Crippen LogP contribution in [0.5, 0.6) is 5.75 Å². The van der Waals surface area contributed by atoms with Gasteiger partial charge in [-0.05, 0) is 47.6 Å². The monoisotopic (exact) mass is 282 g/mol. The van der Waals surface area contributed by atoms with Crippen LogP contribution in [0.4, 0.5) is 0 Å². The quantitative estimate of drug-likeness (QED) is 0.908. The highest BCUT2D eigenvalue weighted by molar-refractivity contribution is 5.68. The minimum Gasteiger partial charge on any atom is -0.489 e. The van der Waals surface area contributed by atoms with Crippen molar-refractivity contribution in [2.24, 2.45) is 0 Å². The predicted molar refractivity (Wildman–Crippen MR) is 80.5 cm³/mol. The van der Waals surface area contributed by atoms with Crippen LogP contribution in [0.15, 0.2) is 48.5 Å².